The van der Waals surface area contributed by atoms with Gasteiger partial charge in [0.05, 0.1) is 23.7 Å². The van der Waals surface area contributed by atoms with Crippen molar-refractivity contribution in [2.75, 3.05) is 7.11 Å². The first-order valence-corrected chi connectivity index (χ1v) is 11.0. The maximum absolute atomic E-state index is 13.5. The van der Waals surface area contributed by atoms with Gasteiger partial charge in [-0.3, -0.25) is 4.79 Å². The summed E-state index contributed by atoms with van der Waals surface area (Å²) in [6.45, 7) is 6.47. The molecule has 0 aliphatic carbocycles. The van der Waals surface area contributed by atoms with Crippen LogP contribution in [-0.4, -0.2) is 30.0 Å². The van der Waals surface area contributed by atoms with Crippen molar-refractivity contribution in [2.45, 2.75) is 38.6 Å². The Hall–Kier alpha value is -3.73. The molecule has 0 unspecified atom stereocenters. The SMILES string of the molecule is COC(=O)[C@@H](Cc1ccc(C(C)(C)C)cc1)NC(=O)c1c2ccccc2nc2ccccc12. The van der Waals surface area contributed by atoms with E-state index in [1.807, 2.05) is 60.7 Å². The number of carbonyl (C=O) groups excluding carboxylic acids is 2. The van der Waals surface area contributed by atoms with Gasteiger partial charge >= 0.3 is 5.97 Å². The minimum atomic E-state index is -0.811. The van der Waals surface area contributed by atoms with Crippen LogP contribution in [-0.2, 0) is 21.4 Å². The second kappa shape index (κ2) is 9.02. The topological polar surface area (TPSA) is 68.3 Å². The van der Waals surface area contributed by atoms with Gasteiger partial charge < -0.3 is 10.1 Å². The van der Waals surface area contributed by atoms with Gasteiger partial charge in [0.25, 0.3) is 5.91 Å². The summed E-state index contributed by atoms with van der Waals surface area (Å²) >= 11 is 0. The van der Waals surface area contributed by atoms with E-state index in [0.29, 0.717) is 12.0 Å². The van der Waals surface area contributed by atoms with Crippen LogP contribution in [0.3, 0.4) is 0 Å². The van der Waals surface area contributed by atoms with Gasteiger partial charge in [-0.1, -0.05) is 81.4 Å². The van der Waals surface area contributed by atoms with Crippen molar-refractivity contribution in [3.63, 3.8) is 0 Å². The number of methoxy groups -OCH3 is 1. The van der Waals surface area contributed by atoms with Crippen LogP contribution in [0, 0.1) is 0 Å². The number of para-hydroxylation sites is 2. The lowest BCUT2D eigenvalue weighted by atomic mass is 9.86. The summed E-state index contributed by atoms with van der Waals surface area (Å²) in [6.07, 6.45) is 0.337. The lowest BCUT2D eigenvalue weighted by Gasteiger charge is -2.21. The zero-order chi connectivity index (χ0) is 23.6. The Morgan fingerprint density at radius 2 is 1.42 bits per heavy atom. The van der Waals surface area contributed by atoms with Crippen molar-refractivity contribution in [3.05, 3.63) is 89.5 Å². The van der Waals surface area contributed by atoms with Gasteiger partial charge in [0.2, 0.25) is 0 Å². The average molecular weight is 441 g/mol. The number of carbonyl (C=O) groups is 2. The predicted molar refractivity (Wildman–Crippen MR) is 131 cm³/mol. The molecule has 4 aromatic rings. The number of nitrogens with one attached hydrogen (secondary N) is 1. The van der Waals surface area contributed by atoms with E-state index in [1.54, 1.807) is 0 Å². The van der Waals surface area contributed by atoms with Crippen LogP contribution in [0.15, 0.2) is 72.8 Å². The van der Waals surface area contributed by atoms with Gasteiger partial charge in [0.1, 0.15) is 6.04 Å². The maximum Gasteiger partial charge on any atom is 0.328 e. The highest BCUT2D eigenvalue weighted by Crippen LogP contribution is 2.26. The Balaban J connectivity index is 1.68. The van der Waals surface area contributed by atoms with Crippen molar-refractivity contribution in [1.29, 1.82) is 0 Å². The zero-order valence-electron chi connectivity index (χ0n) is 19.4. The third kappa shape index (κ3) is 4.72. The van der Waals surface area contributed by atoms with E-state index in [-0.39, 0.29) is 11.3 Å². The number of hydrogen-bond donors (Lipinski definition) is 1. The van der Waals surface area contributed by atoms with Crippen LogP contribution in [0.4, 0.5) is 0 Å². The minimum Gasteiger partial charge on any atom is -0.467 e. The molecule has 0 saturated heterocycles. The molecule has 1 heterocycles. The quantitative estimate of drug-likeness (QED) is 0.342. The van der Waals surface area contributed by atoms with Gasteiger partial charge in [-0.2, -0.15) is 0 Å². The predicted octanol–water partition coefficient (Wildman–Crippen LogP) is 5.20. The zero-order valence-corrected chi connectivity index (χ0v) is 19.4. The molecular formula is C28H28N2O3. The van der Waals surface area contributed by atoms with Crippen LogP contribution in [0.1, 0.15) is 42.3 Å². The van der Waals surface area contributed by atoms with Crippen molar-refractivity contribution >= 4 is 33.7 Å². The Labute approximate surface area is 193 Å². The van der Waals surface area contributed by atoms with E-state index in [0.717, 1.165) is 27.4 Å². The van der Waals surface area contributed by atoms with E-state index in [4.69, 9.17) is 4.74 Å². The molecule has 168 valence electrons. The molecule has 1 aromatic heterocycles. The third-order valence-corrected chi connectivity index (χ3v) is 5.87. The van der Waals surface area contributed by atoms with Gasteiger partial charge in [-0.25, -0.2) is 9.78 Å². The highest BCUT2D eigenvalue weighted by Gasteiger charge is 2.25. The van der Waals surface area contributed by atoms with Crippen LogP contribution in [0.5, 0.6) is 0 Å². The number of rotatable bonds is 5. The Bertz CT molecular complexity index is 1270. The lowest BCUT2D eigenvalue weighted by Crippen LogP contribution is -2.43. The maximum atomic E-state index is 13.5. The molecule has 0 spiro atoms. The van der Waals surface area contributed by atoms with Gasteiger partial charge in [-0.15, -0.1) is 0 Å². The minimum absolute atomic E-state index is 0.0396. The number of hydrogen-bond acceptors (Lipinski definition) is 4. The van der Waals surface area contributed by atoms with Gasteiger partial charge in [-0.05, 0) is 28.7 Å². The normalized spacial score (nSPS) is 12.5. The second-order valence-electron chi connectivity index (χ2n) is 9.22. The van der Waals surface area contributed by atoms with Gasteiger partial charge in [0.15, 0.2) is 0 Å². The first-order chi connectivity index (χ1) is 15.8. The molecule has 5 heteroatoms. The molecule has 0 aliphatic heterocycles. The Morgan fingerprint density at radius 1 is 0.879 bits per heavy atom. The molecule has 0 bridgehead atoms. The summed E-state index contributed by atoms with van der Waals surface area (Å²) in [5.41, 5.74) is 4.16. The highest BCUT2D eigenvalue weighted by molar-refractivity contribution is 6.16. The van der Waals surface area contributed by atoms with Gasteiger partial charge in [0, 0.05) is 17.2 Å². The molecule has 1 N–H and O–H groups in total. The molecule has 1 atom stereocenters. The Morgan fingerprint density at radius 3 is 1.94 bits per heavy atom. The van der Waals surface area contributed by atoms with E-state index in [1.165, 1.54) is 12.7 Å². The van der Waals surface area contributed by atoms with Crippen molar-refractivity contribution in [1.82, 2.24) is 10.3 Å². The summed E-state index contributed by atoms with van der Waals surface area (Å²) in [7, 11) is 1.33. The smallest absolute Gasteiger partial charge is 0.328 e. The Kier molecular flexibility index (Phi) is 6.14. The summed E-state index contributed by atoms with van der Waals surface area (Å²) < 4.78 is 5.01. The van der Waals surface area contributed by atoms with Crippen LogP contribution >= 0.6 is 0 Å². The number of benzene rings is 3. The summed E-state index contributed by atoms with van der Waals surface area (Å²) in [5, 5.41) is 4.41. The summed E-state index contributed by atoms with van der Waals surface area (Å²) in [5.74, 6) is -0.808. The summed E-state index contributed by atoms with van der Waals surface area (Å²) in [6, 6.07) is 22.4. The third-order valence-electron chi connectivity index (χ3n) is 5.87. The van der Waals surface area contributed by atoms with E-state index >= 15 is 0 Å². The van der Waals surface area contributed by atoms with E-state index in [2.05, 4.69) is 43.2 Å². The van der Waals surface area contributed by atoms with Crippen molar-refractivity contribution in [2.24, 2.45) is 0 Å². The number of ether oxygens (including phenoxy) is 1. The molecule has 0 fully saturated rings. The molecule has 0 radical (unpaired) electrons. The number of nitrogens with zero attached hydrogens (tertiary/aromatic N) is 1. The standard InChI is InChI=1S/C28H28N2O3/c1-28(2,3)19-15-13-18(14-16-19)17-24(27(32)33-4)30-26(31)25-20-9-5-7-11-22(20)29-23-12-8-6-10-21(23)25/h5-16,24H,17H2,1-4H3,(H,30,31)/t24-/m1/s1. The van der Waals surface area contributed by atoms with Crippen molar-refractivity contribution < 1.29 is 14.3 Å². The molecule has 0 saturated carbocycles. The lowest BCUT2D eigenvalue weighted by molar-refractivity contribution is -0.142. The molecule has 5 nitrogen and oxygen atoms in total. The second-order valence-corrected chi connectivity index (χ2v) is 9.22. The van der Waals surface area contributed by atoms with Crippen molar-refractivity contribution in [3.8, 4) is 0 Å². The molecule has 33 heavy (non-hydrogen) atoms. The number of aromatic nitrogens is 1. The molecule has 0 aliphatic rings. The highest BCUT2D eigenvalue weighted by atomic mass is 16.5. The number of pyridine rings is 1. The average Bonchev–Trinajstić information content (AvgIpc) is 2.81. The molecular weight excluding hydrogens is 412 g/mol. The monoisotopic (exact) mass is 440 g/mol. The van der Waals surface area contributed by atoms with E-state index < -0.39 is 12.0 Å². The fourth-order valence-electron chi connectivity index (χ4n) is 4.03. The molecule has 4 rings (SSSR count). The van der Waals surface area contributed by atoms with Crippen LogP contribution in [0.2, 0.25) is 0 Å². The fourth-order valence-corrected chi connectivity index (χ4v) is 4.03. The largest absolute Gasteiger partial charge is 0.467 e. The molecule has 1 amide bonds. The first kappa shape index (κ1) is 22.5. The first-order valence-electron chi connectivity index (χ1n) is 11.0. The number of amides is 1. The number of esters is 1. The van der Waals surface area contributed by atoms with Crippen LogP contribution < -0.4 is 5.32 Å². The van der Waals surface area contributed by atoms with E-state index in [9.17, 15) is 9.59 Å². The number of fused-ring (bicyclic) bond motifs is 2. The fraction of sp³-hybridized carbons (Fsp3) is 0.250. The summed E-state index contributed by atoms with van der Waals surface area (Å²) in [4.78, 5) is 30.8. The molecule has 3 aromatic carbocycles. The van der Waals surface area contributed by atoms with Crippen LogP contribution in [0.25, 0.3) is 21.8 Å².